The van der Waals surface area contributed by atoms with E-state index in [2.05, 4.69) is 56.9 Å². The van der Waals surface area contributed by atoms with E-state index in [4.69, 9.17) is 0 Å². The highest BCUT2D eigenvalue weighted by Gasteiger charge is 2.48. The van der Waals surface area contributed by atoms with Crippen molar-refractivity contribution in [2.24, 2.45) is 5.92 Å². The highest BCUT2D eigenvalue weighted by molar-refractivity contribution is 6.78. The molecule has 0 bridgehead atoms. The number of hydrogen-bond acceptors (Lipinski definition) is 1. The molecule has 2 aromatic rings. The summed E-state index contributed by atoms with van der Waals surface area (Å²) in [5.41, 5.74) is 7.65. The zero-order chi connectivity index (χ0) is 16.4. The second-order valence-corrected chi connectivity index (χ2v) is 13.3. The fraction of sp³-hybridized carbons (Fsp3) is 0.286. The van der Waals surface area contributed by atoms with Crippen LogP contribution in [-0.4, -0.2) is 13.9 Å². The quantitative estimate of drug-likeness (QED) is 0.650. The van der Waals surface area contributed by atoms with Gasteiger partial charge in [-0.15, -0.1) is 0 Å². The van der Waals surface area contributed by atoms with E-state index in [0.717, 1.165) is 11.1 Å². The number of benzene rings is 2. The van der Waals surface area contributed by atoms with Crippen LogP contribution in [0.3, 0.4) is 0 Å². The number of hydrogen-bond donors (Lipinski definition) is 0. The smallest absolute Gasteiger partial charge is 0.171 e. The summed E-state index contributed by atoms with van der Waals surface area (Å²) in [6.07, 6.45) is 2.27. The fourth-order valence-electron chi connectivity index (χ4n) is 4.34. The Morgan fingerprint density at radius 3 is 2.35 bits per heavy atom. The number of allylic oxidation sites excluding steroid dienone is 1. The number of carbonyl (C=O) groups is 1. The van der Waals surface area contributed by atoms with Crippen molar-refractivity contribution in [3.05, 3.63) is 70.3 Å². The molecule has 0 radical (unpaired) electrons. The van der Waals surface area contributed by atoms with Crippen LogP contribution in [-0.2, 0) is 0 Å². The van der Waals surface area contributed by atoms with Gasteiger partial charge >= 0.3 is 0 Å². The zero-order valence-electron chi connectivity index (χ0n) is 14.2. The molecule has 4 rings (SSSR count). The SMILES string of the molecule is Cc1ccc2c(c1)C=C1c3ccccc3C(=O)C1C2[Si](C)(C)C. The van der Waals surface area contributed by atoms with Crippen LogP contribution in [0.2, 0.25) is 19.6 Å². The summed E-state index contributed by atoms with van der Waals surface area (Å²) in [5.74, 6) is 0.347. The fourth-order valence-corrected chi connectivity index (χ4v) is 6.87. The van der Waals surface area contributed by atoms with Crippen molar-refractivity contribution in [3.63, 3.8) is 0 Å². The van der Waals surface area contributed by atoms with Crippen LogP contribution in [0, 0.1) is 12.8 Å². The third kappa shape index (κ3) is 2.08. The van der Waals surface area contributed by atoms with Gasteiger partial charge in [0.1, 0.15) is 0 Å². The standard InChI is InChI=1S/C21H22OSi/c1-13-9-10-15-14(11-13)12-18-16-7-5-6-8-17(16)20(22)19(18)21(15)23(2,3)4/h5-12,19,21H,1-4H3. The second kappa shape index (κ2) is 4.78. The first-order valence-electron chi connectivity index (χ1n) is 8.33. The molecule has 116 valence electrons. The van der Waals surface area contributed by atoms with Crippen molar-refractivity contribution in [1.29, 1.82) is 0 Å². The summed E-state index contributed by atoms with van der Waals surface area (Å²) < 4.78 is 0. The van der Waals surface area contributed by atoms with Gasteiger partial charge in [-0.25, -0.2) is 0 Å². The normalized spacial score (nSPS) is 22.3. The molecule has 2 heteroatoms. The van der Waals surface area contributed by atoms with Gasteiger partial charge in [0.25, 0.3) is 0 Å². The van der Waals surface area contributed by atoms with Crippen molar-refractivity contribution >= 4 is 25.5 Å². The minimum Gasteiger partial charge on any atom is -0.293 e. The van der Waals surface area contributed by atoms with E-state index in [1.54, 1.807) is 0 Å². The largest absolute Gasteiger partial charge is 0.293 e. The Hall–Kier alpha value is -1.93. The number of Topliss-reactive ketones (excluding diaryl/α,β-unsaturated/α-hetero) is 1. The monoisotopic (exact) mass is 318 g/mol. The average Bonchev–Trinajstić information content (AvgIpc) is 2.77. The van der Waals surface area contributed by atoms with Gasteiger partial charge in [0.15, 0.2) is 5.78 Å². The Labute approximate surface area is 139 Å². The lowest BCUT2D eigenvalue weighted by atomic mass is 9.82. The van der Waals surface area contributed by atoms with Gasteiger partial charge < -0.3 is 0 Å². The lowest BCUT2D eigenvalue weighted by Crippen LogP contribution is -2.40. The number of carbonyl (C=O) groups excluding carboxylic acids is 1. The molecule has 0 spiro atoms. The molecule has 0 saturated carbocycles. The first-order valence-corrected chi connectivity index (χ1v) is 11.9. The molecule has 0 aliphatic heterocycles. The number of aryl methyl sites for hydroxylation is 1. The average molecular weight is 318 g/mol. The van der Waals surface area contributed by atoms with E-state index < -0.39 is 8.07 Å². The molecule has 2 aliphatic rings. The van der Waals surface area contributed by atoms with Gasteiger partial charge in [-0.3, -0.25) is 4.79 Å². The topological polar surface area (TPSA) is 17.1 Å². The van der Waals surface area contributed by atoms with Gasteiger partial charge in [-0.05, 0) is 34.7 Å². The molecule has 2 atom stereocenters. The third-order valence-corrected chi connectivity index (χ3v) is 7.79. The lowest BCUT2D eigenvalue weighted by Gasteiger charge is -2.38. The minimum atomic E-state index is -1.55. The molecule has 0 N–H and O–H groups in total. The molecule has 0 saturated heterocycles. The van der Waals surface area contributed by atoms with Crippen LogP contribution in [0.1, 0.15) is 38.2 Å². The number of ketones is 1. The van der Waals surface area contributed by atoms with Crippen LogP contribution in [0.25, 0.3) is 11.6 Å². The first-order chi connectivity index (χ1) is 10.9. The maximum absolute atomic E-state index is 13.1. The van der Waals surface area contributed by atoms with E-state index in [0.29, 0.717) is 11.3 Å². The predicted octanol–water partition coefficient (Wildman–Crippen LogP) is 5.32. The molecule has 0 amide bonds. The van der Waals surface area contributed by atoms with E-state index in [1.807, 2.05) is 18.2 Å². The Morgan fingerprint density at radius 2 is 1.65 bits per heavy atom. The van der Waals surface area contributed by atoms with Crippen molar-refractivity contribution in [1.82, 2.24) is 0 Å². The maximum Gasteiger partial charge on any atom is 0.171 e. The molecule has 2 aliphatic carbocycles. The van der Waals surface area contributed by atoms with Crippen LogP contribution in [0.15, 0.2) is 42.5 Å². The number of fused-ring (bicyclic) bond motifs is 4. The summed E-state index contributed by atoms with van der Waals surface area (Å²) in [7, 11) is -1.55. The van der Waals surface area contributed by atoms with E-state index in [-0.39, 0.29) is 5.92 Å². The minimum absolute atomic E-state index is 0.0225. The highest BCUT2D eigenvalue weighted by atomic mass is 28.3. The summed E-state index contributed by atoms with van der Waals surface area (Å²) >= 11 is 0. The van der Waals surface area contributed by atoms with Crippen LogP contribution in [0.5, 0.6) is 0 Å². The summed E-state index contributed by atoms with van der Waals surface area (Å²) in [6, 6.07) is 14.9. The molecule has 0 heterocycles. The third-order valence-electron chi connectivity index (χ3n) is 5.28. The van der Waals surface area contributed by atoms with Crippen LogP contribution in [0.4, 0.5) is 0 Å². The molecular weight excluding hydrogens is 296 g/mol. The van der Waals surface area contributed by atoms with Crippen molar-refractivity contribution in [3.8, 4) is 0 Å². The Kier molecular flexibility index (Phi) is 3.04. The number of rotatable bonds is 1. The molecular formula is C21H22OSi. The van der Waals surface area contributed by atoms with Crippen molar-refractivity contribution < 1.29 is 4.79 Å². The Morgan fingerprint density at radius 1 is 0.957 bits per heavy atom. The van der Waals surface area contributed by atoms with Crippen LogP contribution < -0.4 is 0 Å². The predicted molar refractivity (Wildman–Crippen MR) is 99.4 cm³/mol. The highest BCUT2D eigenvalue weighted by Crippen LogP contribution is 2.52. The molecule has 0 aromatic heterocycles. The maximum atomic E-state index is 13.1. The van der Waals surface area contributed by atoms with Gasteiger partial charge in [0.05, 0.1) is 14.0 Å². The summed E-state index contributed by atoms with van der Waals surface area (Å²) in [4.78, 5) is 13.1. The van der Waals surface area contributed by atoms with E-state index >= 15 is 0 Å². The summed E-state index contributed by atoms with van der Waals surface area (Å²) in [5, 5.41) is 0. The van der Waals surface area contributed by atoms with Gasteiger partial charge in [0, 0.05) is 5.56 Å². The Balaban J connectivity index is 2.02. The lowest BCUT2D eigenvalue weighted by molar-refractivity contribution is 0.0954. The first kappa shape index (κ1) is 14.6. The van der Waals surface area contributed by atoms with Crippen LogP contribution >= 0.6 is 0 Å². The summed E-state index contributed by atoms with van der Waals surface area (Å²) in [6.45, 7) is 9.31. The molecule has 0 fully saturated rings. The molecule has 23 heavy (non-hydrogen) atoms. The van der Waals surface area contributed by atoms with Gasteiger partial charge in [-0.2, -0.15) is 0 Å². The van der Waals surface area contributed by atoms with Crippen molar-refractivity contribution in [2.45, 2.75) is 32.1 Å². The van der Waals surface area contributed by atoms with Gasteiger partial charge in [-0.1, -0.05) is 73.7 Å². The zero-order valence-corrected chi connectivity index (χ0v) is 15.2. The molecule has 2 unspecified atom stereocenters. The van der Waals surface area contributed by atoms with Crippen molar-refractivity contribution in [2.75, 3.05) is 0 Å². The molecule has 1 nitrogen and oxygen atoms in total. The molecule has 2 aromatic carbocycles. The van der Waals surface area contributed by atoms with Gasteiger partial charge in [0.2, 0.25) is 0 Å². The second-order valence-electron chi connectivity index (χ2n) is 7.96. The Bertz CT molecular complexity index is 854. The van der Waals surface area contributed by atoms with E-state index in [9.17, 15) is 4.79 Å². The van der Waals surface area contributed by atoms with E-state index in [1.165, 1.54) is 22.3 Å².